The molecule has 1 rings (SSSR count). The second-order valence-electron chi connectivity index (χ2n) is 4.31. The number of non-ortho nitro benzene ring substituents is 1. The van der Waals surface area contributed by atoms with E-state index in [2.05, 4.69) is 15.9 Å². The average Bonchev–Trinajstić information content (AvgIpc) is 2.14. The summed E-state index contributed by atoms with van der Waals surface area (Å²) in [7, 11) is 0. The Hall–Kier alpha value is -1.14. The molecule has 0 atom stereocenters. The van der Waals surface area contributed by atoms with Gasteiger partial charge in [0.15, 0.2) is 0 Å². The second kappa shape index (κ2) is 5.46. The minimum atomic E-state index is -0.808. The van der Waals surface area contributed by atoms with E-state index in [9.17, 15) is 15.2 Å². The lowest BCUT2D eigenvalue weighted by Gasteiger charge is -2.17. The standard InChI is InChI=1S/C11H14BrNO4/c1-11(2,14)3-4-17-10-6-8(12)5-9(7-10)13(15)16/h5-7,14H,3-4H2,1-2H3. The summed E-state index contributed by atoms with van der Waals surface area (Å²) < 4.78 is 5.95. The molecule has 0 bridgehead atoms. The third-order valence-corrected chi connectivity index (χ3v) is 2.51. The largest absolute Gasteiger partial charge is 0.493 e. The minimum absolute atomic E-state index is 0.0300. The molecular formula is C11H14BrNO4. The van der Waals surface area contributed by atoms with Gasteiger partial charge in [-0.2, -0.15) is 0 Å². The SMILES string of the molecule is CC(C)(O)CCOc1cc(Br)cc([N+](=O)[O-])c1. The Morgan fingerprint density at radius 3 is 2.65 bits per heavy atom. The highest BCUT2D eigenvalue weighted by molar-refractivity contribution is 9.10. The summed E-state index contributed by atoms with van der Waals surface area (Å²) in [5.74, 6) is 0.412. The maximum Gasteiger partial charge on any atom is 0.274 e. The van der Waals surface area contributed by atoms with Crippen LogP contribution in [-0.4, -0.2) is 22.2 Å². The summed E-state index contributed by atoms with van der Waals surface area (Å²) >= 11 is 3.18. The van der Waals surface area contributed by atoms with E-state index in [1.807, 2.05) is 0 Å². The van der Waals surface area contributed by atoms with Crippen LogP contribution >= 0.6 is 15.9 Å². The highest BCUT2D eigenvalue weighted by atomic mass is 79.9. The summed E-state index contributed by atoms with van der Waals surface area (Å²) in [6.07, 6.45) is 0.452. The maximum atomic E-state index is 10.6. The number of nitro groups is 1. The van der Waals surface area contributed by atoms with Gasteiger partial charge >= 0.3 is 0 Å². The van der Waals surface area contributed by atoms with Gasteiger partial charge in [-0.3, -0.25) is 10.1 Å². The van der Waals surface area contributed by atoms with Crippen LogP contribution in [0.15, 0.2) is 22.7 Å². The molecule has 17 heavy (non-hydrogen) atoms. The highest BCUT2D eigenvalue weighted by Crippen LogP contribution is 2.26. The summed E-state index contributed by atoms with van der Waals surface area (Å²) in [5.41, 5.74) is -0.838. The third kappa shape index (κ3) is 5.14. The van der Waals surface area contributed by atoms with Gasteiger partial charge < -0.3 is 9.84 Å². The van der Waals surface area contributed by atoms with E-state index in [0.717, 1.165) is 0 Å². The van der Waals surface area contributed by atoms with Crippen molar-refractivity contribution in [1.82, 2.24) is 0 Å². The quantitative estimate of drug-likeness (QED) is 0.670. The van der Waals surface area contributed by atoms with Crippen LogP contribution < -0.4 is 4.74 Å². The fourth-order valence-corrected chi connectivity index (χ4v) is 1.62. The first kappa shape index (κ1) is 13.9. The molecule has 0 unspecified atom stereocenters. The molecule has 0 spiro atoms. The molecule has 1 aromatic rings. The van der Waals surface area contributed by atoms with Crippen LogP contribution in [-0.2, 0) is 0 Å². The molecule has 0 aliphatic rings. The molecular weight excluding hydrogens is 290 g/mol. The summed E-state index contributed by atoms with van der Waals surface area (Å²) in [6, 6.07) is 4.41. The van der Waals surface area contributed by atoms with Gasteiger partial charge in [0, 0.05) is 17.0 Å². The number of nitrogens with zero attached hydrogens (tertiary/aromatic N) is 1. The lowest BCUT2D eigenvalue weighted by atomic mass is 10.1. The van der Waals surface area contributed by atoms with E-state index in [0.29, 0.717) is 23.2 Å². The Morgan fingerprint density at radius 1 is 1.47 bits per heavy atom. The number of benzene rings is 1. The van der Waals surface area contributed by atoms with Gasteiger partial charge in [0.05, 0.1) is 23.2 Å². The van der Waals surface area contributed by atoms with Crippen LogP contribution in [0.5, 0.6) is 5.75 Å². The number of hydrogen-bond acceptors (Lipinski definition) is 4. The summed E-state index contributed by atoms with van der Waals surface area (Å²) in [5, 5.41) is 20.1. The highest BCUT2D eigenvalue weighted by Gasteiger charge is 2.13. The van der Waals surface area contributed by atoms with Gasteiger partial charge in [0.1, 0.15) is 5.75 Å². The van der Waals surface area contributed by atoms with Gasteiger partial charge in [-0.25, -0.2) is 0 Å². The van der Waals surface area contributed by atoms with Crippen LogP contribution in [0.3, 0.4) is 0 Å². The van der Waals surface area contributed by atoms with Crippen LogP contribution in [0.25, 0.3) is 0 Å². The molecule has 0 saturated carbocycles. The Kier molecular flexibility index (Phi) is 4.47. The van der Waals surface area contributed by atoms with Gasteiger partial charge in [-0.15, -0.1) is 0 Å². The number of aliphatic hydroxyl groups is 1. The zero-order valence-electron chi connectivity index (χ0n) is 9.64. The molecule has 0 fully saturated rings. The maximum absolute atomic E-state index is 10.6. The van der Waals surface area contributed by atoms with E-state index in [4.69, 9.17) is 4.74 Å². The van der Waals surface area contributed by atoms with E-state index in [1.54, 1.807) is 19.9 Å². The lowest BCUT2D eigenvalue weighted by molar-refractivity contribution is -0.385. The van der Waals surface area contributed by atoms with Crippen LogP contribution in [0.2, 0.25) is 0 Å². The predicted molar refractivity (Wildman–Crippen MR) is 67.2 cm³/mol. The Bertz CT molecular complexity index is 414. The minimum Gasteiger partial charge on any atom is -0.493 e. The first-order valence-corrected chi connectivity index (χ1v) is 5.87. The first-order valence-electron chi connectivity index (χ1n) is 5.08. The molecule has 0 aromatic heterocycles. The molecule has 6 heteroatoms. The van der Waals surface area contributed by atoms with Crippen LogP contribution in [0.1, 0.15) is 20.3 Å². The van der Waals surface area contributed by atoms with Crippen molar-refractivity contribution in [2.75, 3.05) is 6.61 Å². The number of rotatable bonds is 5. The van der Waals surface area contributed by atoms with Crippen molar-refractivity contribution in [2.45, 2.75) is 25.9 Å². The monoisotopic (exact) mass is 303 g/mol. The van der Waals surface area contributed by atoms with Crippen molar-refractivity contribution in [3.8, 4) is 5.75 Å². The molecule has 1 aromatic carbocycles. The van der Waals surface area contributed by atoms with Crippen molar-refractivity contribution in [1.29, 1.82) is 0 Å². The zero-order valence-corrected chi connectivity index (χ0v) is 11.2. The Morgan fingerprint density at radius 2 is 2.12 bits per heavy atom. The normalized spacial score (nSPS) is 11.3. The topological polar surface area (TPSA) is 72.6 Å². The fraction of sp³-hybridized carbons (Fsp3) is 0.455. The van der Waals surface area contributed by atoms with Crippen molar-refractivity contribution < 1.29 is 14.8 Å². The van der Waals surface area contributed by atoms with Gasteiger partial charge in [0.2, 0.25) is 0 Å². The van der Waals surface area contributed by atoms with Crippen molar-refractivity contribution in [3.05, 3.63) is 32.8 Å². The van der Waals surface area contributed by atoms with Crippen LogP contribution in [0, 0.1) is 10.1 Å². The van der Waals surface area contributed by atoms with Crippen LogP contribution in [0.4, 0.5) is 5.69 Å². The van der Waals surface area contributed by atoms with E-state index >= 15 is 0 Å². The van der Waals surface area contributed by atoms with E-state index < -0.39 is 10.5 Å². The number of ether oxygens (including phenoxy) is 1. The van der Waals surface area contributed by atoms with Gasteiger partial charge in [-0.05, 0) is 19.9 Å². The lowest BCUT2D eigenvalue weighted by Crippen LogP contribution is -2.21. The van der Waals surface area contributed by atoms with E-state index in [1.165, 1.54) is 12.1 Å². The van der Waals surface area contributed by atoms with Crippen molar-refractivity contribution in [2.24, 2.45) is 0 Å². The fourth-order valence-electron chi connectivity index (χ4n) is 1.16. The Balaban J connectivity index is 2.68. The molecule has 1 N–H and O–H groups in total. The molecule has 0 aliphatic heterocycles. The van der Waals surface area contributed by atoms with Gasteiger partial charge in [0.25, 0.3) is 5.69 Å². The third-order valence-electron chi connectivity index (χ3n) is 2.05. The average molecular weight is 304 g/mol. The summed E-state index contributed by atoms with van der Waals surface area (Å²) in [6.45, 7) is 3.66. The number of hydrogen-bond donors (Lipinski definition) is 1. The Labute approximate surface area is 108 Å². The smallest absolute Gasteiger partial charge is 0.274 e. The van der Waals surface area contributed by atoms with E-state index in [-0.39, 0.29) is 5.69 Å². The molecule has 0 aliphatic carbocycles. The number of nitro benzene ring substituents is 1. The molecule has 94 valence electrons. The number of halogens is 1. The molecule has 0 amide bonds. The first-order chi connectivity index (χ1) is 7.78. The van der Waals surface area contributed by atoms with Crippen molar-refractivity contribution in [3.63, 3.8) is 0 Å². The molecule has 0 radical (unpaired) electrons. The van der Waals surface area contributed by atoms with Crippen molar-refractivity contribution >= 4 is 21.6 Å². The second-order valence-corrected chi connectivity index (χ2v) is 5.23. The predicted octanol–water partition coefficient (Wildman–Crippen LogP) is 2.90. The molecule has 0 heterocycles. The zero-order chi connectivity index (χ0) is 13.1. The summed E-state index contributed by atoms with van der Waals surface area (Å²) in [4.78, 5) is 10.1. The molecule has 5 nitrogen and oxygen atoms in total. The molecule has 0 saturated heterocycles. The van der Waals surface area contributed by atoms with Gasteiger partial charge in [-0.1, -0.05) is 15.9 Å².